The summed E-state index contributed by atoms with van der Waals surface area (Å²) in [6.07, 6.45) is 6.12. The minimum Gasteiger partial charge on any atom is -0.238 e. The topological polar surface area (TPSA) is 36.9 Å². The third kappa shape index (κ3) is 5.11. The van der Waals surface area contributed by atoms with E-state index in [1.165, 1.54) is 26.0 Å². The van der Waals surface area contributed by atoms with E-state index in [2.05, 4.69) is 96.2 Å². The molecule has 1 atom stereocenters. The van der Waals surface area contributed by atoms with Crippen LogP contribution >= 0.6 is 0 Å². The van der Waals surface area contributed by atoms with Crippen LogP contribution in [0.25, 0.3) is 49.8 Å². The largest absolute Gasteiger partial charge is 0.238 e. The van der Waals surface area contributed by atoms with Crippen molar-refractivity contribution in [1.82, 2.24) is 18.7 Å². The van der Waals surface area contributed by atoms with E-state index in [0.29, 0.717) is 17.1 Å². The average Bonchev–Trinajstić information content (AvgIpc) is 3.51. The molecule has 0 spiro atoms. The first-order valence-electron chi connectivity index (χ1n) is 18.3. The Morgan fingerprint density at radius 1 is 0.755 bits per heavy atom. The number of imidazole rings is 1. The van der Waals surface area contributed by atoms with Gasteiger partial charge in [0.15, 0.2) is 0 Å². The summed E-state index contributed by atoms with van der Waals surface area (Å²) < 4.78 is 40.1. The molecule has 244 valence electrons. The summed E-state index contributed by atoms with van der Waals surface area (Å²) in [7, 11) is 2.14. The van der Waals surface area contributed by atoms with Crippen molar-refractivity contribution in [3.63, 3.8) is 0 Å². The van der Waals surface area contributed by atoms with E-state index in [1.807, 2.05) is 59.2 Å². The molecular formula is C43H36N4OPt. The van der Waals surface area contributed by atoms with Gasteiger partial charge in [0.1, 0.15) is 0 Å². The van der Waals surface area contributed by atoms with Crippen LogP contribution in [0.5, 0.6) is 11.5 Å². The maximum absolute atomic E-state index is 8.45. The van der Waals surface area contributed by atoms with Crippen molar-refractivity contribution in [2.24, 2.45) is 7.05 Å². The number of hydrogen-bond acceptors (Lipinski definition) is 2. The van der Waals surface area contributed by atoms with Gasteiger partial charge in [0.2, 0.25) is 0 Å². The van der Waals surface area contributed by atoms with Crippen molar-refractivity contribution in [1.29, 1.82) is 0 Å². The normalized spacial score (nSPS) is 15.9. The first-order valence-corrected chi connectivity index (χ1v) is 17.9. The molecule has 0 amide bonds. The van der Waals surface area contributed by atoms with Gasteiger partial charge in [-0.2, -0.15) is 0 Å². The monoisotopic (exact) mass is 822 g/mol. The molecule has 3 heterocycles. The number of nitrogens with zero attached hydrogens (tertiary/aromatic N) is 4. The molecule has 6 heteroatoms. The van der Waals surface area contributed by atoms with E-state index >= 15 is 0 Å². The fourth-order valence-electron chi connectivity index (χ4n) is 7.65. The Labute approximate surface area is 300 Å². The van der Waals surface area contributed by atoms with Crippen molar-refractivity contribution in [3.05, 3.63) is 148 Å². The van der Waals surface area contributed by atoms with Gasteiger partial charge in [0.25, 0.3) is 0 Å². The second-order valence-electron chi connectivity index (χ2n) is 12.9. The number of aromatic nitrogens is 4. The third-order valence-corrected chi connectivity index (χ3v) is 11.3. The van der Waals surface area contributed by atoms with E-state index in [-0.39, 0.29) is 11.6 Å². The van der Waals surface area contributed by atoms with E-state index in [1.54, 1.807) is 12.3 Å². The van der Waals surface area contributed by atoms with Crippen LogP contribution in [-0.4, -0.2) is 18.7 Å². The van der Waals surface area contributed by atoms with Gasteiger partial charge in [-0.1, -0.05) is 48.5 Å². The predicted molar refractivity (Wildman–Crippen MR) is 195 cm³/mol. The first kappa shape index (κ1) is 26.9. The summed E-state index contributed by atoms with van der Waals surface area (Å²) >= 11 is 2.47. The van der Waals surface area contributed by atoms with Crippen molar-refractivity contribution in [2.45, 2.75) is 38.6 Å². The Morgan fingerprint density at radius 2 is 1.49 bits per heavy atom. The van der Waals surface area contributed by atoms with Crippen LogP contribution in [0.15, 0.2) is 128 Å². The standard InChI is InChI=1S/C43H36N4O.Pt/c1-29-24-43(44-27-37(29)30-12-4-3-5-13-30)47-39-17-9-7-15-34(39)35-23-22-33(26-42(35)47)48-32-21-20-31-14-6-8-16-38(36(31)25-32)46-28-45(2)40-18-10-11-19-41(40)46;/h3-5,7,9-13,15,17-27,38H,6,8,14,16H2,1-2H3;/i1D3;. The maximum atomic E-state index is 8.45. The van der Waals surface area contributed by atoms with Crippen LogP contribution in [0.2, 0.25) is 0 Å². The minimum absolute atomic E-state index is 0.196. The molecule has 0 bridgehead atoms. The van der Waals surface area contributed by atoms with Gasteiger partial charge in [-0.25, -0.2) is 4.98 Å². The van der Waals surface area contributed by atoms with Gasteiger partial charge >= 0.3 is 202 Å². The molecule has 8 aromatic rings. The van der Waals surface area contributed by atoms with Gasteiger partial charge in [-0.05, 0) is 30.1 Å². The minimum atomic E-state index is -2.33. The molecule has 1 unspecified atom stereocenters. The summed E-state index contributed by atoms with van der Waals surface area (Å²) in [6.45, 7) is -2.33. The number of aryl methyl sites for hydroxylation is 3. The van der Waals surface area contributed by atoms with E-state index in [4.69, 9.17) is 13.8 Å². The fraction of sp³-hybridized carbons (Fsp3) is 0.163. The molecular weight excluding hydrogens is 784 g/mol. The molecule has 0 saturated heterocycles. The van der Waals surface area contributed by atoms with Gasteiger partial charge < -0.3 is 0 Å². The SMILES string of the molecule is [2H]C([2H])([2H])c1cc(-n2c3ccccc3c3ccc(Oc4ccc5c(c4)C(n4[c](=[Pt])n(C)c6ccccc64)CCCC5)cc32)ncc1-c1ccccc1. The zero-order chi connectivity index (χ0) is 35.6. The van der Waals surface area contributed by atoms with Crippen LogP contribution in [-0.2, 0) is 32.8 Å². The van der Waals surface area contributed by atoms with Crippen molar-refractivity contribution in [3.8, 4) is 28.4 Å². The van der Waals surface area contributed by atoms with Crippen LogP contribution in [0.3, 0.4) is 0 Å². The molecule has 5 nitrogen and oxygen atoms in total. The Hall–Kier alpha value is -4.99. The predicted octanol–water partition coefficient (Wildman–Crippen LogP) is 10.6. The molecule has 0 saturated carbocycles. The average molecular weight is 823 g/mol. The van der Waals surface area contributed by atoms with Gasteiger partial charge in [0.05, 0.1) is 0 Å². The first-order chi connectivity index (χ1) is 25.3. The zero-order valence-corrected chi connectivity index (χ0v) is 29.3. The number of benzene rings is 5. The molecule has 0 radical (unpaired) electrons. The van der Waals surface area contributed by atoms with Crippen LogP contribution in [0.1, 0.15) is 46.1 Å². The third-order valence-electron chi connectivity index (χ3n) is 9.99. The van der Waals surface area contributed by atoms with Crippen LogP contribution < -0.4 is 4.74 Å². The summed E-state index contributed by atoms with van der Waals surface area (Å²) in [6, 6.07) is 41.0. The van der Waals surface area contributed by atoms with Gasteiger partial charge in [-0.3, -0.25) is 0 Å². The Kier molecular flexibility index (Phi) is 6.68. The Morgan fingerprint density at radius 3 is 2.35 bits per heavy atom. The van der Waals surface area contributed by atoms with E-state index < -0.39 is 6.85 Å². The number of pyridine rings is 1. The number of hydrogen-bond donors (Lipinski definition) is 0. The number of para-hydroxylation sites is 3. The Bertz CT molecular complexity index is 2710. The molecule has 9 rings (SSSR count). The molecule has 1 aliphatic carbocycles. The second kappa shape index (κ2) is 12.2. The summed E-state index contributed by atoms with van der Waals surface area (Å²) in [4.78, 5) is 4.88. The van der Waals surface area contributed by atoms with Gasteiger partial charge in [-0.15, -0.1) is 0 Å². The van der Waals surface area contributed by atoms with Crippen LogP contribution in [0.4, 0.5) is 0 Å². The molecule has 5 aromatic carbocycles. The maximum Gasteiger partial charge on any atom is 0.0374 e. The Balaban J connectivity index is 1.15. The van der Waals surface area contributed by atoms with E-state index in [0.717, 1.165) is 58.8 Å². The molecule has 3 aromatic heterocycles. The number of fused-ring (bicyclic) bond motifs is 5. The fourth-order valence-corrected chi connectivity index (χ4v) is 8.55. The van der Waals surface area contributed by atoms with Crippen LogP contribution in [0, 0.1) is 10.7 Å². The number of ether oxygens (including phenoxy) is 1. The molecule has 49 heavy (non-hydrogen) atoms. The zero-order valence-electron chi connectivity index (χ0n) is 30.0. The molecule has 0 fully saturated rings. The van der Waals surface area contributed by atoms with E-state index in [9.17, 15) is 0 Å². The molecule has 0 aliphatic heterocycles. The molecule has 1 aliphatic rings. The summed E-state index contributed by atoms with van der Waals surface area (Å²) in [5.74, 6) is 2.04. The molecule has 0 N–H and O–H groups in total. The van der Waals surface area contributed by atoms with Crippen molar-refractivity contribution >= 4 is 32.8 Å². The van der Waals surface area contributed by atoms with Crippen molar-refractivity contribution < 1.29 is 28.2 Å². The summed E-state index contributed by atoms with van der Waals surface area (Å²) in [5, 5.41) is 2.10. The second-order valence-corrected chi connectivity index (χ2v) is 13.9. The quantitative estimate of drug-likeness (QED) is 0.162. The summed E-state index contributed by atoms with van der Waals surface area (Å²) in [5.41, 5.74) is 8.68. The number of rotatable bonds is 5. The van der Waals surface area contributed by atoms with Crippen molar-refractivity contribution in [2.75, 3.05) is 0 Å². The van der Waals surface area contributed by atoms with Gasteiger partial charge in [0, 0.05) is 15.9 Å². The smallest absolute Gasteiger partial charge is 0.0374 e.